The first-order chi connectivity index (χ1) is 10.3. The standard InChI is InChI=1S/C17H27NO2S/c1-2-19-13-15-14-20-10-7-17(15)5-8-18(9-6-17)12-16-4-3-11-21-16/h3-4,11,15H,2,5-10,12-14H2,1H3/t15-/m0/s1. The van der Waals surface area contributed by atoms with Crippen LogP contribution in [-0.2, 0) is 16.0 Å². The highest BCUT2D eigenvalue weighted by Gasteiger charge is 2.43. The Morgan fingerprint density at radius 3 is 2.95 bits per heavy atom. The van der Waals surface area contributed by atoms with Crippen molar-refractivity contribution >= 4 is 11.3 Å². The molecule has 1 spiro atoms. The van der Waals surface area contributed by atoms with E-state index in [1.54, 1.807) is 0 Å². The van der Waals surface area contributed by atoms with Gasteiger partial charge in [0.2, 0.25) is 0 Å². The SMILES string of the molecule is CCOC[C@H]1COCCC12CCN(Cc1cccs1)CC2. The summed E-state index contributed by atoms with van der Waals surface area (Å²) in [6.07, 6.45) is 3.83. The Kier molecular flexibility index (Phi) is 5.33. The third kappa shape index (κ3) is 3.67. The summed E-state index contributed by atoms with van der Waals surface area (Å²) in [6, 6.07) is 4.41. The Morgan fingerprint density at radius 1 is 1.38 bits per heavy atom. The van der Waals surface area contributed by atoms with Gasteiger partial charge in [0.15, 0.2) is 0 Å². The van der Waals surface area contributed by atoms with E-state index in [9.17, 15) is 0 Å². The van der Waals surface area contributed by atoms with Crippen molar-refractivity contribution in [1.82, 2.24) is 4.90 Å². The monoisotopic (exact) mass is 309 g/mol. The zero-order valence-electron chi connectivity index (χ0n) is 13.1. The van der Waals surface area contributed by atoms with Crippen molar-refractivity contribution in [2.75, 3.05) is 39.5 Å². The molecule has 0 amide bonds. The van der Waals surface area contributed by atoms with Crippen LogP contribution in [0.4, 0.5) is 0 Å². The van der Waals surface area contributed by atoms with Crippen LogP contribution in [0.3, 0.4) is 0 Å². The second kappa shape index (κ2) is 7.23. The van der Waals surface area contributed by atoms with Gasteiger partial charge < -0.3 is 9.47 Å². The third-order valence-corrected chi connectivity index (χ3v) is 6.13. The van der Waals surface area contributed by atoms with E-state index in [1.807, 2.05) is 11.3 Å². The lowest BCUT2D eigenvalue weighted by Crippen LogP contribution is -2.49. The van der Waals surface area contributed by atoms with E-state index in [4.69, 9.17) is 9.47 Å². The molecular weight excluding hydrogens is 282 g/mol. The van der Waals surface area contributed by atoms with Crippen molar-refractivity contribution in [2.24, 2.45) is 11.3 Å². The van der Waals surface area contributed by atoms with Gasteiger partial charge in [-0.05, 0) is 56.1 Å². The van der Waals surface area contributed by atoms with Gasteiger partial charge in [0.1, 0.15) is 0 Å². The number of hydrogen-bond donors (Lipinski definition) is 0. The fraction of sp³-hybridized carbons (Fsp3) is 0.765. The van der Waals surface area contributed by atoms with Crippen molar-refractivity contribution in [2.45, 2.75) is 32.7 Å². The number of thiophene rings is 1. The Labute approximate surface area is 132 Å². The molecular formula is C17H27NO2S. The van der Waals surface area contributed by atoms with E-state index < -0.39 is 0 Å². The molecule has 2 saturated heterocycles. The molecule has 0 radical (unpaired) electrons. The first-order valence-electron chi connectivity index (χ1n) is 8.23. The van der Waals surface area contributed by atoms with Crippen LogP contribution in [0.1, 0.15) is 31.1 Å². The Bertz CT molecular complexity index is 412. The highest BCUT2D eigenvalue weighted by atomic mass is 32.1. The summed E-state index contributed by atoms with van der Waals surface area (Å²) in [5.74, 6) is 0.593. The Balaban J connectivity index is 1.56. The topological polar surface area (TPSA) is 21.7 Å². The maximum absolute atomic E-state index is 5.73. The van der Waals surface area contributed by atoms with Gasteiger partial charge in [0.25, 0.3) is 0 Å². The number of piperidine rings is 1. The normalized spacial score (nSPS) is 26.2. The lowest BCUT2D eigenvalue weighted by atomic mass is 9.66. The van der Waals surface area contributed by atoms with Crippen LogP contribution >= 0.6 is 11.3 Å². The average molecular weight is 309 g/mol. The van der Waals surface area contributed by atoms with Crippen LogP contribution in [0.5, 0.6) is 0 Å². The minimum Gasteiger partial charge on any atom is -0.381 e. The molecule has 0 N–H and O–H groups in total. The molecule has 0 saturated carbocycles. The van der Waals surface area contributed by atoms with E-state index in [2.05, 4.69) is 29.3 Å². The fourth-order valence-corrected chi connectivity index (χ4v) is 4.55. The lowest BCUT2D eigenvalue weighted by molar-refractivity contribution is -0.0992. The van der Waals surface area contributed by atoms with Crippen molar-refractivity contribution in [3.05, 3.63) is 22.4 Å². The summed E-state index contributed by atoms with van der Waals surface area (Å²) in [5, 5.41) is 2.18. The molecule has 4 heteroatoms. The molecule has 1 atom stereocenters. The Morgan fingerprint density at radius 2 is 2.24 bits per heavy atom. The van der Waals surface area contributed by atoms with Gasteiger partial charge in [-0.25, -0.2) is 0 Å². The number of ether oxygens (including phenoxy) is 2. The number of likely N-dealkylation sites (tertiary alicyclic amines) is 1. The molecule has 1 aromatic heterocycles. The van der Waals surface area contributed by atoms with Crippen LogP contribution in [0.25, 0.3) is 0 Å². The van der Waals surface area contributed by atoms with Crippen LogP contribution in [0.2, 0.25) is 0 Å². The van der Waals surface area contributed by atoms with Crippen molar-refractivity contribution < 1.29 is 9.47 Å². The van der Waals surface area contributed by atoms with E-state index in [0.29, 0.717) is 11.3 Å². The van der Waals surface area contributed by atoms with E-state index in [1.165, 1.54) is 37.2 Å². The predicted octanol–water partition coefficient (Wildman–Crippen LogP) is 3.40. The van der Waals surface area contributed by atoms with Crippen molar-refractivity contribution in [1.29, 1.82) is 0 Å². The van der Waals surface area contributed by atoms with Crippen LogP contribution in [-0.4, -0.2) is 44.4 Å². The van der Waals surface area contributed by atoms with E-state index in [0.717, 1.165) is 33.0 Å². The molecule has 1 aromatic rings. The Hall–Kier alpha value is -0.420. The first-order valence-corrected chi connectivity index (χ1v) is 9.10. The summed E-state index contributed by atoms with van der Waals surface area (Å²) in [6.45, 7) is 9.18. The van der Waals surface area contributed by atoms with Crippen LogP contribution < -0.4 is 0 Å². The van der Waals surface area contributed by atoms with Gasteiger partial charge >= 0.3 is 0 Å². The number of nitrogens with zero attached hydrogens (tertiary/aromatic N) is 1. The molecule has 3 rings (SSSR count). The van der Waals surface area contributed by atoms with Gasteiger partial charge in [-0.15, -0.1) is 11.3 Å². The second-order valence-corrected chi connectivity index (χ2v) is 7.43. The molecule has 2 aliphatic heterocycles. The van der Waals surface area contributed by atoms with Gasteiger partial charge in [0, 0.05) is 30.6 Å². The maximum Gasteiger partial charge on any atom is 0.0521 e. The quantitative estimate of drug-likeness (QED) is 0.832. The molecule has 0 unspecified atom stereocenters. The lowest BCUT2D eigenvalue weighted by Gasteiger charge is -2.49. The summed E-state index contributed by atoms with van der Waals surface area (Å²) in [5.41, 5.74) is 0.472. The number of hydrogen-bond acceptors (Lipinski definition) is 4. The summed E-state index contributed by atoms with van der Waals surface area (Å²) in [7, 11) is 0. The summed E-state index contributed by atoms with van der Waals surface area (Å²) in [4.78, 5) is 4.10. The number of rotatable bonds is 5. The summed E-state index contributed by atoms with van der Waals surface area (Å²) >= 11 is 1.87. The van der Waals surface area contributed by atoms with Crippen LogP contribution in [0.15, 0.2) is 17.5 Å². The molecule has 0 aliphatic carbocycles. The van der Waals surface area contributed by atoms with Gasteiger partial charge in [-0.2, -0.15) is 0 Å². The minimum absolute atomic E-state index is 0.472. The van der Waals surface area contributed by atoms with Gasteiger partial charge in [-0.3, -0.25) is 4.90 Å². The molecule has 21 heavy (non-hydrogen) atoms. The minimum atomic E-state index is 0.472. The van der Waals surface area contributed by atoms with Gasteiger partial charge in [0.05, 0.1) is 13.2 Å². The van der Waals surface area contributed by atoms with E-state index in [-0.39, 0.29) is 0 Å². The zero-order valence-corrected chi connectivity index (χ0v) is 13.9. The average Bonchev–Trinajstić information content (AvgIpc) is 3.02. The third-order valence-electron chi connectivity index (χ3n) is 5.26. The molecule has 0 aromatic carbocycles. The molecule has 0 bridgehead atoms. The molecule has 2 aliphatic rings. The van der Waals surface area contributed by atoms with E-state index >= 15 is 0 Å². The smallest absolute Gasteiger partial charge is 0.0521 e. The van der Waals surface area contributed by atoms with Gasteiger partial charge in [-0.1, -0.05) is 6.07 Å². The summed E-state index contributed by atoms with van der Waals surface area (Å²) < 4.78 is 11.4. The van der Waals surface area contributed by atoms with Crippen LogP contribution in [0, 0.1) is 11.3 Å². The highest BCUT2D eigenvalue weighted by Crippen LogP contribution is 2.45. The van der Waals surface area contributed by atoms with Crippen molar-refractivity contribution in [3.63, 3.8) is 0 Å². The highest BCUT2D eigenvalue weighted by molar-refractivity contribution is 7.09. The zero-order chi connectivity index (χ0) is 14.5. The fourth-order valence-electron chi connectivity index (χ4n) is 3.80. The maximum atomic E-state index is 5.73. The molecule has 2 fully saturated rings. The van der Waals surface area contributed by atoms with Crippen molar-refractivity contribution in [3.8, 4) is 0 Å². The first kappa shape index (κ1) is 15.5. The largest absolute Gasteiger partial charge is 0.381 e. The molecule has 118 valence electrons. The predicted molar refractivity (Wildman–Crippen MR) is 86.7 cm³/mol. The molecule has 3 heterocycles. The molecule has 3 nitrogen and oxygen atoms in total. The second-order valence-electron chi connectivity index (χ2n) is 6.40.